The van der Waals surface area contributed by atoms with Crippen LogP contribution in [0.1, 0.15) is 24.0 Å². The zero-order valence-corrected chi connectivity index (χ0v) is 17.6. The predicted octanol–water partition coefficient (Wildman–Crippen LogP) is 3.03. The topological polar surface area (TPSA) is 103 Å². The molecule has 2 aromatic rings. The van der Waals surface area contributed by atoms with E-state index in [9.17, 15) is 14.9 Å². The van der Waals surface area contributed by atoms with Gasteiger partial charge < -0.3 is 14.8 Å². The molecule has 2 N–H and O–H groups in total. The summed E-state index contributed by atoms with van der Waals surface area (Å²) in [5.74, 6) is -0.0121. The van der Waals surface area contributed by atoms with E-state index in [1.54, 1.807) is 36.4 Å². The lowest BCUT2D eigenvalue weighted by atomic mass is 9.78. The van der Waals surface area contributed by atoms with Gasteiger partial charge in [0.25, 0.3) is 11.9 Å². The minimum atomic E-state index is -1.44. The van der Waals surface area contributed by atoms with Crippen LogP contribution in [-0.2, 0) is 10.3 Å². The summed E-state index contributed by atoms with van der Waals surface area (Å²) in [6.45, 7) is 1.86. The molecule has 152 valence electrons. The molecule has 0 aliphatic carbocycles. The van der Waals surface area contributed by atoms with Gasteiger partial charge in [0.1, 0.15) is 0 Å². The molecule has 1 spiro atoms. The Morgan fingerprint density at radius 1 is 1.21 bits per heavy atom. The van der Waals surface area contributed by atoms with Crippen LogP contribution in [0.2, 0.25) is 0 Å². The summed E-state index contributed by atoms with van der Waals surface area (Å²) in [6.07, 6.45) is 0. The van der Waals surface area contributed by atoms with Gasteiger partial charge in [0, 0.05) is 22.2 Å². The average Bonchev–Trinajstić information content (AvgIpc) is 3.15. The third kappa shape index (κ3) is 2.71. The van der Waals surface area contributed by atoms with Crippen molar-refractivity contribution in [2.24, 2.45) is 0 Å². The second-order valence-corrected chi connectivity index (χ2v) is 8.09. The highest BCUT2D eigenvalue weighted by Crippen LogP contribution is 2.51. The second kappa shape index (κ2) is 7.00. The lowest BCUT2D eigenvalue weighted by Crippen LogP contribution is -2.54. The number of ether oxygens (including phenoxy) is 2. The van der Waals surface area contributed by atoms with E-state index in [1.807, 2.05) is 6.92 Å². The van der Waals surface area contributed by atoms with E-state index in [0.717, 1.165) is 0 Å². The zero-order chi connectivity index (χ0) is 20.9. The van der Waals surface area contributed by atoms with Crippen molar-refractivity contribution in [3.63, 3.8) is 0 Å². The molecule has 2 aliphatic rings. The number of carbonyl (C=O) groups is 1. The van der Waals surface area contributed by atoms with Crippen LogP contribution >= 0.6 is 15.9 Å². The minimum Gasteiger partial charge on any atom is -0.493 e. The first-order valence-corrected chi connectivity index (χ1v) is 9.88. The Hall–Kier alpha value is -2.65. The molecule has 0 saturated carbocycles. The molecular weight excluding hydrogens is 442 g/mol. The molecule has 8 nitrogen and oxygen atoms in total. The number of hydrogen-bond acceptors (Lipinski definition) is 6. The Morgan fingerprint density at radius 3 is 2.59 bits per heavy atom. The van der Waals surface area contributed by atoms with Crippen molar-refractivity contribution in [1.29, 1.82) is 0 Å². The third-order valence-electron chi connectivity index (χ3n) is 5.80. The molecule has 1 amide bonds. The Kier molecular flexibility index (Phi) is 4.74. The lowest BCUT2D eigenvalue weighted by molar-refractivity contribution is -0.532. The van der Waals surface area contributed by atoms with Gasteiger partial charge >= 0.3 is 0 Å². The summed E-state index contributed by atoms with van der Waals surface area (Å²) in [7, 11) is 3.04. The number of para-hydroxylation sites is 1. The van der Waals surface area contributed by atoms with E-state index in [2.05, 4.69) is 26.6 Å². The highest BCUT2D eigenvalue weighted by Gasteiger charge is 2.67. The van der Waals surface area contributed by atoms with Crippen LogP contribution in [0, 0.1) is 10.1 Å². The summed E-state index contributed by atoms with van der Waals surface area (Å²) in [6, 6.07) is 9.07. The van der Waals surface area contributed by atoms with Crippen molar-refractivity contribution in [1.82, 2.24) is 5.32 Å². The normalized spacial score (nSPS) is 27.6. The monoisotopic (exact) mass is 461 g/mol. The molecule has 1 fully saturated rings. The number of nitro groups is 1. The number of methoxy groups -OCH3 is 2. The molecule has 2 aromatic carbocycles. The Morgan fingerprint density at radius 2 is 1.93 bits per heavy atom. The summed E-state index contributed by atoms with van der Waals surface area (Å²) in [5.41, 5.74) is 0.438. The van der Waals surface area contributed by atoms with E-state index in [0.29, 0.717) is 32.8 Å². The first kappa shape index (κ1) is 19.7. The Balaban J connectivity index is 1.90. The largest absolute Gasteiger partial charge is 0.493 e. The van der Waals surface area contributed by atoms with Gasteiger partial charge in [-0.15, -0.1) is 0 Å². The second-order valence-electron chi connectivity index (χ2n) is 7.23. The molecule has 2 heterocycles. The number of hydrogen-bond donors (Lipinski definition) is 2. The molecule has 29 heavy (non-hydrogen) atoms. The molecule has 9 heteroatoms. The number of nitrogens with one attached hydrogen (secondary N) is 2. The fourth-order valence-corrected chi connectivity index (χ4v) is 5.31. The van der Waals surface area contributed by atoms with Crippen LogP contribution in [-0.4, -0.2) is 37.1 Å². The highest BCUT2D eigenvalue weighted by molar-refractivity contribution is 9.10. The van der Waals surface area contributed by atoms with Crippen LogP contribution in [0.3, 0.4) is 0 Å². The first-order valence-electron chi connectivity index (χ1n) is 9.08. The zero-order valence-electron chi connectivity index (χ0n) is 16.1. The number of amides is 1. The third-order valence-corrected chi connectivity index (χ3v) is 6.39. The fraction of sp³-hybridized carbons (Fsp3) is 0.350. The predicted molar refractivity (Wildman–Crippen MR) is 110 cm³/mol. The van der Waals surface area contributed by atoms with Gasteiger partial charge in [-0.25, -0.2) is 0 Å². The quantitative estimate of drug-likeness (QED) is 0.535. The van der Waals surface area contributed by atoms with Crippen LogP contribution in [0.15, 0.2) is 40.9 Å². The van der Waals surface area contributed by atoms with Crippen LogP contribution in [0.25, 0.3) is 0 Å². The van der Waals surface area contributed by atoms with Crippen LogP contribution < -0.4 is 20.1 Å². The molecule has 2 aliphatic heterocycles. The number of benzene rings is 2. The molecule has 0 unspecified atom stereocenters. The number of anilines is 1. The van der Waals surface area contributed by atoms with Gasteiger partial charge in [0.2, 0.25) is 0 Å². The van der Waals surface area contributed by atoms with E-state index in [1.165, 1.54) is 14.2 Å². The van der Waals surface area contributed by atoms with Gasteiger partial charge in [-0.05, 0) is 46.6 Å². The van der Waals surface area contributed by atoms with Crippen LogP contribution in [0.4, 0.5) is 5.69 Å². The maximum atomic E-state index is 13.1. The average molecular weight is 462 g/mol. The smallest absolute Gasteiger partial charge is 0.256 e. The Bertz CT molecular complexity index is 1010. The van der Waals surface area contributed by atoms with Crippen molar-refractivity contribution in [2.45, 2.75) is 30.5 Å². The number of carbonyl (C=O) groups excluding carboxylic acids is 1. The maximum Gasteiger partial charge on any atom is 0.256 e. The van der Waals surface area contributed by atoms with E-state index in [-0.39, 0.29) is 11.0 Å². The van der Waals surface area contributed by atoms with Crippen molar-refractivity contribution < 1.29 is 19.2 Å². The van der Waals surface area contributed by atoms with Crippen molar-refractivity contribution in [3.05, 3.63) is 62.1 Å². The van der Waals surface area contributed by atoms with Gasteiger partial charge in [-0.3, -0.25) is 20.2 Å². The van der Waals surface area contributed by atoms with E-state index in [4.69, 9.17) is 9.47 Å². The number of fused-ring (bicyclic) bond motifs is 2. The minimum absolute atomic E-state index is 0.340. The molecule has 0 radical (unpaired) electrons. The number of rotatable bonds is 4. The summed E-state index contributed by atoms with van der Waals surface area (Å²) >= 11 is 3.46. The first-order chi connectivity index (χ1) is 13.8. The Labute approximate surface area is 175 Å². The van der Waals surface area contributed by atoms with Crippen molar-refractivity contribution >= 4 is 27.5 Å². The van der Waals surface area contributed by atoms with Crippen molar-refractivity contribution in [2.75, 3.05) is 19.5 Å². The maximum absolute atomic E-state index is 13.1. The standard InChI is InChI=1S/C20H20BrN3O5/c1-10-16(11-8-13(21)17(29-3)15(9-11)28-2)18(24(26)27)20(23-10)12-6-4-5-7-14(12)22-19(20)25/h4-10,16,18,23H,1-3H3,(H,22,25)/t10-,16-,18+,20+/m0/s1. The summed E-state index contributed by atoms with van der Waals surface area (Å²) < 4.78 is 11.4. The molecule has 4 atom stereocenters. The number of nitrogens with zero attached hydrogens (tertiary/aromatic N) is 1. The van der Waals surface area contributed by atoms with Gasteiger partial charge in [0.05, 0.1) is 24.6 Å². The molecule has 1 saturated heterocycles. The van der Waals surface area contributed by atoms with Gasteiger partial charge in [-0.2, -0.15) is 0 Å². The summed E-state index contributed by atoms with van der Waals surface area (Å²) in [4.78, 5) is 25.0. The summed E-state index contributed by atoms with van der Waals surface area (Å²) in [5, 5.41) is 18.4. The van der Waals surface area contributed by atoms with Gasteiger partial charge in [0.15, 0.2) is 17.0 Å². The lowest BCUT2D eigenvalue weighted by Gasteiger charge is -2.25. The highest BCUT2D eigenvalue weighted by atomic mass is 79.9. The van der Waals surface area contributed by atoms with E-state index >= 15 is 0 Å². The molecule has 4 rings (SSSR count). The molecule has 0 aromatic heterocycles. The van der Waals surface area contributed by atoms with E-state index < -0.39 is 23.4 Å². The fourth-order valence-electron chi connectivity index (χ4n) is 4.68. The van der Waals surface area contributed by atoms with Gasteiger partial charge in [-0.1, -0.05) is 18.2 Å². The molecule has 0 bridgehead atoms. The van der Waals surface area contributed by atoms with Crippen LogP contribution in [0.5, 0.6) is 11.5 Å². The molecular formula is C20H20BrN3O5. The SMILES string of the molecule is COc1cc([C@@H]2[C@H](C)N[C@@]3(C(=O)Nc4ccccc43)[C@@H]2[N+](=O)[O-])cc(Br)c1OC. The van der Waals surface area contributed by atoms with Crippen molar-refractivity contribution in [3.8, 4) is 11.5 Å². The number of halogens is 1.